The van der Waals surface area contributed by atoms with E-state index in [1.54, 1.807) is 12.1 Å². The first-order chi connectivity index (χ1) is 8.04. The van der Waals surface area contributed by atoms with Gasteiger partial charge in [0.1, 0.15) is 5.82 Å². The lowest BCUT2D eigenvalue weighted by Crippen LogP contribution is -2.20. The van der Waals surface area contributed by atoms with Crippen molar-refractivity contribution in [1.82, 2.24) is 5.32 Å². The summed E-state index contributed by atoms with van der Waals surface area (Å²) in [5.74, 6) is 2.38. The molecule has 17 heavy (non-hydrogen) atoms. The van der Waals surface area contributed by atoms with Crippen molar-refractivity contribution in [3.05, 3.63) is 34.6 Å². The van der Waals surface area contributed by atoms with Crippen LogP contribution >= 0.6 is 23.4 Å². The van der Waals surface area contributed by atoms with Crippen LogP contribution in [0.2, 0.25) is 5.02 Å². The maximum absolute atomic E-state index is 13.7. The van der Waals surface area contributed by atoms with Crippen LogP contribution in [0.4, 0.5) is 4.39 Å². The fraction of sp³-hybridized carbons (Fsp3) is 0.538. The minimum atomic E-state index is -0.234. The molecule has 96 valence electrons. The molecule has 1 atom stereocenters. The average molecular weight is 276 g/mol. The minimum absolute atomic E-state index is 0.0380. The Bertz CT molecular complexity index is 357. The Kier molecular flexibility index (Phi) is 6.31. The first-order valence-corrected chi connectivity index (χ1v) is 7.27. The number of hydrogen-bond donors (Lipinski definition) is 1. The van der Waals surface area contributed by atoms with Crippen LogP contribution in [0.5, 0.6) is 0 Å². The van der Waals surface area contributed by atoms with Gasteiger partial charge in [-0.05, 0) is 30.9 Å². The van der Waals surface area contributed by atoms with E-state index in [1.165, 1.54) is 6.07 Å². The SMILES string of the molecule is CNC(CSCC(C)C)c1ccc(Cl)cc1F. The van der Waals surface area contributed by atoms with Gasteiger partial charge in [-0.1, -0.05) is 31.5 Å². The van der Waals surface area contributed by atoms with Crippen molar-refractivity contribution < 1.29 is 4.39 Å². The summed E-state index contributed by atoms with van der Waals surface area (Å²) in [5.41, 5.74) is 0.688. The first kappa shape index (κ1) is 14.8. The number of nitrogens with one attached hydrogen (secondary N) is 1. The second kappa shape index (κ2) is 7.24. The van der Waals surface area contributed by atoms with Crippen LogP contribution in [0.3, 0.4) is 0 Å². The molecule has 4 heteroatoms. The van der Waals surface area contributed by atoms with Crippen molar-refractivity contribution in [1.29, 1.82) is 0 Å². The van der Waals surface area contributed by atoms with Gasteiger partial charge in [0.15, 0.2) is 0 Å². The normalized spacial score (nSPS) is 13.1. The van der Waals surface area contributed by atoms with E-state index >= 15 is 0 Å². The summed E-state index contributed by atoms with van der Waals surface area (Å²) in [4.78, 5) is 0. The number of halogens is 2. The van der Waals surface area contributed by atoms with Crippen LogP contribution in [0.15, 0.2) is 18.2 Å². The Hall–Kier alpha value is -0.250. The molecule has 0 aliphatic rings. The number of rotatable bonds is 6. The molecule has 0 heterocycles. The lowest BCUT2D eigenvalue weighted by Gasteiger charge is -2.17. The number of thioether (sulfide) groups is 1. The Morgan fingerprint density at radius 1 is 1.35 bits per heavy atom. The van der Waals surface area contributed by atoms with Gasteiger partial charge >= 0.3 is 0 Å². The third kappa shape index (κ3) is 4.86. The minimum Gasteiger partial charge on any atom is -0.312 e. The van der Waals surface area contributed by atoms with Crippen LogP contribution in [0.1, 0.15) is 25.5 Å². The second-order valence-corrected chi connectivity index (χ2v) is 5.95. The van der Waals surface area contributed by atoms with Gasteiger partial charge in [-0.3, -0.25) is 0 Å². The fourth-order valence-corrected chi connectivity index (χ4v) is 2.88. The van der Waals surface area contributed by atoms with Crippen molar-refractivity contribution in [2.45, 2.75) is 19.9 Å². The van der Waals surface area contributed by atoms with Gasteiger partial charge in [-0.15, -0.1) is 0 Å². The molecule has 0 saturated heterocycles. The molecule has 0 radical (unpaired) electrons. The largest absolute Gasteiger partial charge is 0.312 e. The van der Waals surface area contributed by atoms with Crippen LogP contribution in [-0.4, -0.2) is 18.6 Å². The molecule has 0 aromatic heterocycles. The monoisotopic (exact) mass is 275 g/mol. The van der Waals surface area contributed by atoms with Gasteiger partial charge in [0.2, 0.25) is 0 Å². The van der Waals surface area contributed by atoms with E-state index < -0.39 is 0 Å². The zero-order chi connectivity index (χ0) is 12.8. The molecule has 0 bridgehead atoms. The van der Waals surface area contributed by atoms with Gasteiger partial charge in [0, 0.05) is 22.4 Å². The molecule has 1 aromatic rings. The van der Waals surface area contributed by atoms with Crippen molar-refractivity contribution >= 4 is 23.4 Å². The molecule has 1 rings (SSSR count). The summed E-state index contributed by atoms with van der Waals surface area (Å²) in [6.07, 6.45) is 0. The highest BCUT2D eigenvalue weighted by Gasteiger charge is 2.14. The average Bonchev–Trinajstić information content (AvgIpc) is 2.25. The van der Waals surface area contributed by atoms with Crippen molar-refractivity contribution in [2.75, 3.05) is 18.6 Å². The molecular formula is C13H19ClFNS. The maximum atomic E-state index is 13.7. The van der Waals surface area contributed by atoms with Gasteiger partial charge in [-0.25, -0.2) is 4.39 Å². The lowest BCUT2D eigenvalue weighted by atomic mass is 10.1. The Morgan fingerprint density at radius 2 is 2.06 bits per heavy atom. The summed E-state index contributed by atoms with van der Waals surface area (Å²) in [7, 11) is 1.86. The number of benzene rings is 1. The molecule has 0 amide bonds. The molecule has 0 saturated carbocycles. The summed E-state index contributed by atoms with van der Waals surface area (Å²) >= 11 is 7.58. The Labute approximate surface area is 112 Å². The summed E-state index contributed by atoms with van der Waals surface area (Å²) in [6.45, 7) is 4.37. The highest BCUT2D eigenvalue weighted by Crippen LogP contribution is 2.24. The molecular weight excluding hydrogens is 257 g/mol. The molecule has 1 N–H and O–H groups in total. The first-order valence-electron chi connectivity index (χ1n) is 5.74. The maximum Gasteiger partial charge on any atom is 0.129 e. The van der Waals surface area contributed by atoms with E-state index in [9.17, 15) is 4.39 Å². The van der Waals surface area contributed by atoms with E-state index in [0.717, 1.165) is 11.5 Å². The zero-order valence-corrected chi connectivity index (χ0v) is 12.0. The smallest absolute Gasteiger partial charge is 0.129 e. The van der Waals surface area contributed by atoms with Crippen LogP contribution in [0, 0.1) is 11.7 Å². The predicted octanol–water partition coefficient (Wildman–Crippen LogP) is 4.13. The van der Waals surface area contributed by atoms with Crippen LogP contribution in [0.25, 0.3) is 0 Å². The molecule has 0 aliphatic carbocycles. The topological polar surface area (TPSA) is 12.0 Å². The molecule has 1 aromatic carbocycles. The van der Waals surface area contributed by atoms with Crippen molar-refractivity contribution in [2.24, 2.45) is 5.92 Å². The zero-order valence-electron chi connectivity index (χ0n) is 10.5. The van der Waals surface area contributed by atoms with Gasteiger partial charge in [0.05, 0.1) is 0 Å². The van der Waals surface area contributed by atoms with E-state index in [4.69, 9.17) is 11.6 Å². The third-order valence-corrected chi connectivity index (χ3v) is 4.13. The molecule has 0 fully saturated rings. The molecule has 1 unspecified atom stereocenters. The van der Waals surface area contributed by atoms with Gasteiger partial charge in [0.25, 0.3) is 0 Å². The summed E-state index contributed by atoms with van der Waals surface area (Å²) in [5, 5.41) is 3.59. The summed E-state index contributed by atoms with van der Waals surface area (Å²) < 4.78 is 13.7. The van der Waals surface area contributed by atoms with E-state index in [-0.39, 0.29) is 11.9 Å². The van der Waals surface area contributed by atoms with E-state index in [1.807, 2.05) is 18.8 Å². The quantitative estimate of drug-likeness (QED) is 0.838. The van der Waals surface area contributed by atoms with E-state index in [0.29, 0.717) is 16.5 Å². The standard InChI is InChI=1S/C13H19ClFNS/c1-9(2)7-17-8-13(16-3)11-5-4-10(14)6-12(11)15/h4-6,9,13,16H,7-8H2,1-3H3. The van der Waals surface area contributed by atoms with Crippen molar-refractivity contribution in [3.8, 4) is 0 Å². The fourth-order valence-electron chi connectivity index (χ4n) is 1.53. The molecule has 1 nitrogen and oxygen atoms in total. The molecule has 0 spiro atoms. The highest BCUT2D eigenvalue weighted by atomic mass is 35.5. The van der Waals surface area contributed by atoms with Crippen molar-refractivity contribution in [3.63, 3.8) is 0 Å². The van der Waals surface area contributed by atoms with E-state index in [2.05, 4.69) is 19.2 Å². The van der Waals surface area contributed by atoms with Gasteiger partial charge in [-0.2, -0.15) is 11.8 Å². The van der Waals surface area contributed by atoms with Crippen LogP contribution in [-0.2, 0) is 0 Å². The second-order valence-electron chi connectivity index (χ2n) is 4.44. The van der Waals surface area contributed by atoms with Gasteiger partial charge < -0.3 is 5.32 Å². The summed E-state index contributed by atoms with van der Waals surface area (Å²) in [6, 6.07) is 4.90. The Balaban J connectivity index is 2.66. The van der Waals surface area contributed by atoms with Crippen LogP contribution < -0.4 is 5.32 Å². The highest BCUT2D eigenvalue weighted by molar-refractivity contribution is 7.99. The number of hydrogen-bond acceptors (Lipinski definition) is 2. The predicted molar refractivity (Wildman–Crippen MR) is 75.4 cm³/mol. The third-order valence-electron chi connectivity index (χ3n) is 2.42. The Morgan fingerprint density at radius 3 is 2.59 bits per heavy atom. The molecule has 0 aliphatic heterocycles. The lowest BCUT2D eigenvalue weighted by molar-refractivity contribution is 0.565.